The number of benzene rings is 1. The minimum absolute atomic E-state index is 0.134. The van der Waals surface area contributed by atoms with Crippen LogP contribution in [0.15, 0.2) is 36.7 Å². The van der Waals surface area contributed by atoms with Crippen LogP contribution in [0.2, 0.25) is 0 Å². The van der Waals surface area contributed by atoms with Crippen molar-refractivity contribution in [2.75, 3.05) is 5.32 Å². The van der Waals surface area contributed by atoms with E-state index < -0.39 is 0 Å². The molecule has 0 aliphatic rings. The smallest absolute Gasteiger partial charge is 0.130 e. The summed E-state index contributed by atoms with van der Waals surface area (Å²) in [5.74, 6) is 0.492. The van der Waals surface area contributed by atoms with Crippen molar-refractivity contribution >= 4 is 5.82 Å². The standard InChI is InChI=1S/C13H14FN3/c1-9-7-13(16-8-15-9)17-10(2)11-5-3-4-6-12(11)14/h3-8,10H,1-2H3,(H,15,16,17). The number of hydrogen-bond acceptors (Lipinski definition) is 3. The summed E-state index contributed by atoms with van der Waals surface area (Å²) in [5.41, 5.74) is 1.51. The number of hydrogen-bond donors (Lipinski definition) is 1. The van der Waals surface area contributed by atoms with E-state index in [9.17, 15) is 4.39 Å². The van der Waals surface area contributed by atoms with Crippen molar-refractivity contribution in [1.82, 2.24) is 9.97 Å². The molecule has 0 radical (unpaired) electrons. The zero-order valence-electron chi connectivity index (χ0n) is 9.81. The summed E-state index contributed by atoms with van der Waals surface area (Å²) in [7, 11) is 0. The van der Waals surface area contributed by atoms with Crippen molar-refractivity contribution in [3.8, 4) is 0 Å². The van der Waals surface area contributed by atoms with Crippen LogP contribution in [0.25, 0.3) is 0 Å². The van der Waals surface area contributed by atoms with Crippen LogP contribution in [-0.2, 0) is 0 Å². The van der Waals surface area contributed by atoms with Crippen LogP contribution >= 0.6 is 0 Å². The second-order valence-electron chi connectivity index (χ2n) is 3.93. The highest BCUT2D eigenvalue weighted by Crippen LogP contribution is 2.20. The van der Waals surface area contributed by atoms with E-state index in [1.165, 1.54) is 12.4 Å². The van der Waals surface area contributed by atoms with Crippen molar-refractivity contribution in [2.45, 2.75) is 19.9 Å². The molecule has 1 unspecified atom stereocenters. The van der Waals surface area contributed by atoms with Crippen LogP contribution in [0.3, 0.4) is 0 Å². The summed E-state index contributed by atoms with van der Waals surface area (Å²) in [4.78, 5) is 8.10. The Morgan fingerprint density at radius 2 is 2.00 bits per heavy atom. The van der Waals surface area contributed by atoms with Gasteiger partial charge in [-0.2, -0.15) is 0 Å². The van der Waals surface area contributed by atoms with E-state index in [4.69, 9.17) is 0 Å². The second-order valence-corrected chi connectivity index (χ2v) is 3.93. The van der Waals surface area contributed by atoms with Gasteiger partial charge < -0.3 is 5.32 Å². The molecule has 4 heteroatoms. The zero-order chi connectivity index (χ0) is 12.3. The maximum absolute atomic E-state index is 13.5. The molecule has 1 aromatic heterocycles. The van der Waals surface area contributed by atoms with Gasteiger partial charge in [0, 0.05) is 17.3 Å². The molecule has 0 fully saturated rings. The Hall–Kier alpha value is -1.97. The van der Waals surface area contributed by atoms with Gasteiger partial charge in [0.25, 0.3) is 0 Å². The molecule has 2 aromatic rings. The molecule has 1 N–H and O–H groups in total. The minimum atomic E-state index is -0.210. The van der Waals surface area contributed by atoms with Gasteiger partial charge in [-0.15, -0.1) is 0 Å². The molecule has 0 aliphatic heterocycles. The normalized spacial score (nSPS) is 12.2. The monoisotopic (exact) mass is 231 g/mol. The Labute approximate surface area is 99.7 Å². The van der Waals surface area contributed by atoms with Crippen LogP contribution in [0.1, 0.15) is 24.2 Å². The van der Waals surface area contributed by atoms with Crippen LogP contribution in [0.4, 0.5) is 10.2 Å². The molecule has 17 heavy (non-hydrogen) atoms. The van der Waals surface area contributed by atoms with Crippen LogP contribution < -0.4 is 5.32 Å². The van der Waals surface area contributed by atoms with Gasteiger partial charge in [0.2, 0.25) is 0 Å². The van der Waals surface area contributed by atoms with Gasteiger partial charge in [-0.05, 0) is 19.9 Å². The summed E-state index contributed by atoms with van der Waals surface area (Å²) in [6.45, 7) is 3.79. The van der Waals surface area contributed by atoms with E-state index in [1.54, 1.807) is 12.1 Å². The topological polar surface area (TPSA) is 37.8 Å². The van der Waals surface area contributed by atoms with Crippen LogP contribution in [0.5, 0.6) is 0 Å². The Morgan fingerprint density at radius 1 is 1.24 bits per heavy atom. The molecule has 0 saturated carbocycles. The van der Waals surface area contributed by atoms with Crippen molar-refractivity contribution in [1.29, 1.82) is 0 Å². The SMILES string of the molecule is Cc1cc(NC(C)c2ccccc2F)ncn1. The lowest BCUT2D eigenvalue weighted by Crippen LogP contribution is -2.09. The third-order valence-electron chi connectivity index (χ3n) is 2.54. The first-order chi connectivity index (χ1) is 8.16. The zero-order valence-corrected chi connectivity index (χ0v) is 9.81. The maximum Gasteiger partial charge on any atom is 0.130 e. The highest BCUT2D eigenvalue weighted by molar-refractivity contribution is 5.38. The fourth-order valence-corrected chi connectivity index (χ4v) is 1.66. The first kappa shape index (κ1) is 11.5. The Bertz CT molecular complexity index is 514. The number of rotatable bonds is 3. The Kier molecular flexibility index (Phi) is 3.32. The van der Waals surface area contributed by atoms with E-state index in [1.807, 2.05) is 26.0 Å². The molecule has 0 bridgehead atoms. The first-order valence-corrected chi connectivity index (χ1v) is 5.46. The van der Waals surface area contributed by atoms with E-state index in [-0.39, 0.29) is 11.9 Å². The van der Waals surface area contributed by atoms with E-state index in [0.717, 1.165) is 5.69 Å². The number of halogens is 1. The molecule has 1 atom stereocenters. The average molecular weight is 231 g/mol. The summed E-state index contributed by atoms with van der Waals surface area (Å²) >= 11 is 0. The summed E-state index contributed by atoms with van der Waals surface area (Å²) < 4.78 is 13.5. The van der Waals surface area contributed by atoms with Crippen LogP contribution in [-0.4, -0.2) is 9.97 Å². The van der Waals surface area contributed by atoms with Crippen molar-refractivity contribution in [3.63, 3.8) is 0 Å². The fraction of sp³-hybridized carbons (Fsp3) is 0.231. The van der Waals surface area contributed by atoms with Gasteiger partial charge in [0.15, 0.2) is 0 Å². The molecule has 0 amide bonds. The van der Waals surface area contributed by atoms with E-state index in [0.29, 0.717) is 11.4 Å². The van der Waals surface area contributed by atoms with Crippen molar-refractivity contribution in [3.05, 3.63) is 53.7 Å². The lowest BCUT2D eigenvalue weighted by molar-refractivity contribution is 0.600. The number of aryl methyl sites for hydroxylation is 1. The van der Waals surface area contributed by atoms with Gasteiger partial charge in [-0.25, -0.2) is 14.4 Å². The summed E-state index contributed by atoms with van der Waals surface area (Å²) in [6, 6.07) is 8.42. The predicted molar refractivity (Wildman–Crippen MR) is 65.2 cm³/mol. The highest BCUT2D eigenvalue weighted by atomic mass is 19.1. The molecule has 2 rings (SSSR count). The second kappa shape index (κ2) is 4.91. The molecule has 0 spiro atoms. The third-order valence-corrected chi connectivity index (χ3v) is 2.54. The first-order valence-electron chi connectivity index (χ1n) is 5.46. The van der Waals surface area contributed by atoms with Crippen molar-refractivity contribution in [2.24, 2.45) is 0 Å². The molecule has 0 aliphatic carbocycles. The lowest BCUT2D eigenvalue weighted by atomic mass is 10.1. The fourth-order valence-electron chi connectivity index (χ4n) is 1.66. The van der Waals surface area contributed by atoms with Crippen LogP contribution in [0, 0.1) is 12.7 Å². The highest BCUT2D eigenvalue weighted by Gasteiger charge is 2.10. The number of nitrogens with zero attached hydrogens (tertiary/aromatic N) is 2. The van der Waals surface area contributed by atoms with Gasteiger partial charge in [-0.1, -0.05) is 18.2 Å². The summed E-state index contributed by atoms with van der Waals surface area (Å²) in [6.07, 6.45) is 1.49. The van der Waals surface area contributed by atoms with Gasteiger partial charge in [-0.3, -0.25) is 0 Å². The number of anilines is 1. The number of aromatic nitrogens is 2. The molecule has 1 aromatic carbocycles. The van der Waals surface area contributed by atoms with E-state index >= 15 is 0 Å². The molecular formula is C13H14FN3. The molecule has 3 nitrogen and oxygen atoms in total. The van der Waals surface area contributed by atoms with Gasteiger partial charge >= 0.3 is 0 Å². The Balaban J connectivity index is 2.17. The number of nitrogens with one attached hydrogen (secondary N) is 1. The largest absolute Gasteiger partial charge is 0.363 e. The molecule has 1 heterocycles. The van der Waals surface area contributed by atoms with Gasteiger partial charge in [0.1, 0.15) is 18.0 Å². The predicted octanol–water partition coefficient (Wildman–Crippen LogP) is 3.10. The minimum Gasteiger partial charge on any atom is -0.363 e. The quantitative estimate of drug-likeness (QED) is 0.882. The molecular weight excluding hydrogens is 217 g/mol. The van der Waals surface area contributed by atoms with E-state index in [2.05, 4.69) is 15.3 Å². The molecule has 88 valence electrons. The molecule has 0 saturated heterocycles. The Morgan fingerprint density at radius 3 is 2.71 bits per heavy atom. The third kappa shape index (κ3) is 2.78. The van der Waals surface area contributed by atoms with Crippen molar-refractivity contribution < 1.29 is 4.39 Å². The lowest BCUT2D eigenvalue weighted by Gasteiger charge is -2.15. The average Bonchev–Trinajstić information content (AvgIpc) is 2.29. The maximum atomic E-state index is 13.5. The summed E-state index contributed by atoms with van der Waals surface area (Å²) in [5, 5.41) is 3.15. The van der Waals surface area contributed by atoms with Gasteiger partial charge in [0.05, 0.1) is 6.04 Å².